The zero-order chi connectivity index (χ0) is 30.6. The third-order valence-corrected chi connectivity index (χ3v) is 8.80. The molecule has 3 nitrogen and oxygen atoms in total. The van der Waals surface area contributed by atoms with E-state index in [-0.39, 0.29) is 27.5 Å². The summed E-state index contributed by atoms with van der Waals surface area (Å²) in [6.45, 7) is 1.92. The maximum atomic E-state index is 15.7. The van der Waals surface area contributed by atoms with E-state index in [1.54, 1.807) is 30.3 Å². The molecule has 2 N–H and O–H groups in total. The van der Waals surface area contributed by atoms with Crippen LogP contribution in [0.1, 0.15) is 52.4 Å². The van der Waals surface area contributed by atoms with Gasteiger partial charge in [0.15, 0.2) is 0 Å². The number of alkyl halides is 5. The normalized spacial score (nSPS) is 16.0. The molecule has 1 aliphatic heterocycles. The van der Waals surface area contributed by atoms with Crippen molar-refractivity contribution in [1.29, 1.82) is 0 Å². The van der Waals surface area contributed by atoms with Crippen LogP contribution in [0.5, 0.6) is 0 Å². The molecule has 0 saturated heterocycles. The van der Waals surface area contributed by atoms with Gasteiger partial charge in [-0.1, -0.05) is 54.6 Å². The average Bonchev–Trinajstić information content (AvgIpc) is 3.37. The van der Waals surface area contributed by atoms with Crippen LogP contribution >= 0.6 is 11.8 Å². The topological polar surface area (TPSA) is 48.0 Å². The number of nitrogens with two attached hydrogens (primary N) is 1. The molecule has 0 amide bonds. The molecule has 2 unspecified atom stereocenters. The van der Waals surface area contributed by atoms with Gasteiger partial charge in [-0.05, 0) is 35.7 Å². The first kappa shape index (κ1) is 29.9. The summed E-state index contributed by atoms with van der Waals surface area (Å²) in [5.41, 5.74) is 3.25. The Kier molecular flexibility index (Phi) is 7.78. The number of rotatable bonds is 6. The summed E-state index contributed by atoms with van der Waals surface area (Å²) in [6, 6.07) is 13.2. The number of aromatic nitrogens is 1. The van der Waals surface area contributed by atoms with Gasteiger partial charge < -0.3 is 5.73 Å². The largest absolute Gasteiger partial charge is 0.416 e. The van der Waals surface area contributed by atoms with Crippen LogP contribution in [0.3, 0.4) is 0 Å². The van der Waals surface area contributed by atoms with Crippen molar-refractivity contribution in [3.8, 4) is 11.1 Å². The standard InChI is InChI=1S/C31H25F7N2OS/c1-16-19(14-20-21(31(36,37)38)11-7-13-23(20)32)29-40(24(15-42-29)27(39)17-8-4-3-5-9-17)28(41)25(16)18-10-6-12-22(26(18)33)30(2,34)35/h3-13,24,27H,14-15,39H2,1-2H3. The predicted molar refractivity (Wildman–Crippen MR) is 148 cm³/mol. The first-order chi connectivity index (χ1) is 19.7. The van der Waals surface area contributed by atoms with Gasteiger partial charge in [0.05, 0.1) is 33.8 Å². The second-order valence-electron chi connectivity index (χ2n) is 10.3. The molecule has 4 aromatic rings. The van der Waals surface area contributed by atoms with Crippen molar-refractivity contribution in [2.45, 2.75) is 49.5 Å². The van der Waals surface area contributed by atoms with E-state index in [0.29, 0.717) is 12.5 Å². The van der Waals surface area contributed by atoms with Crippen LogP contribution in [0.15, 0.2) is 76.6 Å². The molecule has 220 valence electrons. The van der Waals surface area contributed by atoms with Crippen molar-refractivity contribution >= 4 is 11.8 Å². The Bertz CT molecular complexity index is 1710. The Morgan fingerprint density at radius 2 is 1.57 bits per heavy atom. The smallest absolute Gasteiger partial charge is 0.322 e. The molecule has 2 heterocycles. The molecule has 0 aliphatic carbocycles. The number of hydrogen-bond acceptors (Lipinski definition) is 3. The first-order valence-corrected chi connectivity index (χ1v) is 13.9. The third kappa shape index (κ3) is 5.24. The molecule has 2 atom stereocenters. The van der Waals surface area contributed by atoms with Gasteiger partial charge in [-0.15, -0.1) is 11.8 Å². The molecule has 0 radical (unpaired) electrons. The highest BCUT2D eigenvalue weighted by molar-refractivity contribution is 7.99. The molecule has 5 rings (SSSR count). The van der Waals surface area contributed by atoms with Gasteiger partial charge in [-0.2, -0.15) is 13.2 Å². The molecule has 3 aromatic carbocycles. The third-order valence-electron chi connectivity index (χ3n) is 7.58. The molecule has 0 saturated carbocycles. The van der Waals surface area contributed by atoms with Crippen LogP contribution in [0.4, 0.5) is 30.7 Å². The molecule has 11 heteroatoms. The van der Waals surface area contributed by atoms with Crippen LogP contribution in [-0.4, -0.2) is 10.3 Å². The van der Waals surface area contributed by atoms with Gasteiger partial charge in [0.1, 0.15) is 11.6 Å². The molecule has 0 spiro atoms. The Morgan fingerprint density at radius 3 is 2.21 bits per heavy atom. The lowest BCUT2D eigenvalue weighted by molar-refractivity contribution is -0.138. The minimum Gasteiger partial charge on any atom is -0.322 e. The highest BCUT2D eigenvalue weighted by Gasteiger charge is 2.38. The lowest BCUT2D eigenvalue weighted by Gasteiger charge is -2.25. The summed E-state index contributed by atoms with van der Waals surface area (Å²) in [5, 5.41) is 0.270. The maximum Gasteiger partial charge on any atom is 0.416 e. The molecular formula is C31H25F7N2OS. The quantitative estimate of drug-likeness (QED) is 0.225. The van der Waals surface area contributed by atoms with E-state index in [0.717, 1.165) is 24.3 Å². The summed E-state index contributed by atoms with van der Waals surface area (Å²) >= 11 is 1.17. The van der Waals surface area contributed by atoms with E-state index < -0.39 is 70.1 Å². The number of hydrogen-bond donors (Lipinski definition) is 1. The Morgan fingerprint density at radius 1 is 0.929 bits per heavy atom. The highest BCUT2D eigenvalue weighted by Crippen LogP contribution is 2.45. The van der Waals surface area contributed by atoms with Gasteiger partial charge in [0, 0.05) is 30.2 Å². The number of nitrogens with zero attached hydrogens (tertiary/aromatic N) is 1. The zero-order valence-corrected chi connectivity index (χ0v) is 23.2. The van der Waals surface area contributed by atoms with Crippen LogP contribution in [0.2, 0.25) is 0 Å². The van der Waals surface area contributed by atoms with Crippen molar-refractivity contribution in [3.05, 3.63) is 122 Å². The lowest BCUT2D eigenvalue weighted by Crippen LogP contribution is -2.33. The number of pyridine rings is 1. The van der Waals surface area contributed by atoms with E-state index in [1.807, 2.05) is 0 Å². The Labute approximate surface area is 241 Å². The predicted octanol–water partition coefficient (Wildman–Crippen LogP) is 8.17. The van der Waals surface area contributed by atoms with Crippen LogP contribution in [0, 0.1) is 18.6 Å². The summed E-state index contributed by atoms with van der Waals surface area (Å²) in [7, 11) is 0. The van der Waals surface area contributed by atoms with Gasteiger partial charge in [-0.3, -0.25) is 9.36 Å². The van der Waals surface area contributed by atoms with Gasteiger partial charge in [0.25, 0.3) is 11.5 Å². The monoisotopic (exact) mass is 606 g/mol. The van der Waals surface area contributed by atoms with E-state index in [1.165, 1.54) is 35.4 Å². The zero-order valence-electron chi connectivity index (χ0n) is 22.4. The molecular weight excluding hydrogens is 581 g/mol. The summed E-state index contributed by atoms with van der Waals surface area (Å²) in [6.07, 6.45) is -5.46. The second-order valence-corrected chi connectivity index (χ2v) is 11.3. The fourth-order valence-electron chi connectivity index (χ4n) is 5.46. The lowest BCUT2D eigenvalue weighted by atomic mass is 9.91. The van der Waals surface area contributed by atoms with Gasteiger partial charge in [0.2, 0.25) is 0 Å². The molecule has 0 bridgehead atoms. The number of thioether (sulfide) groups is 1. The van der Waals surface area contributed by atoms with Gasteiger partial charge >= 0.3 is 6.18 Å². The number of benzene rings is 3. The average molecular weight is 607 g/mol. The van der Waals surface area contributed by atoms with E-state index in [2.05, 4.69) is 0 Å². The van der Waals surface area contributed by atoms with Crippen molar-refractivity contribution in [2.75, 3.05) is 5.75 Å². The van der Waals surface area contributed by atoms with Crippen LogP contribution in [-0.2, 0) is 18.5 Å². The van der Waals surface area contributed by atoms with E-state index >= 15 is 4.39 Å². The fraction of sp³-hybridized carbons (Fsp3) is 0.258. The van der Waals surface area contributed by atoms with Crippen molar-refractivity contribution in [2.24, 2.45) is 5.73 Å². The van der Waals surface area contributed by atoms with Gasteiger partial charge in [-0.25, -0.2) is 17.6 Å². The van der Waals surface area contributed by atoms with E-state index in [9.17, 15) is 31.1 Å². The minimum atomic E-state index is -4.87. The van der Waals surface area contributed by atoms with Crippen molar-refractivity contribution in [1.82, 2.24) is 4.57 Å². The van der Waals surface area contributed by atoms with Crippen LogP contribution in [0.25, 0.3) is 11.1 Å². The Hall–Kier alpha value is -3.57. The molecule has 1 aliphatic rings. The summed E-state index contributed by atoms with van der Waals surface area (Å²) in [4.78, 5) is 14.1. The molecule has 42 heavy (non-hydrogen) atoms. The minimum absolute atomic E-state index is 0.0690. The second kappa shape index (κ2) is 10.9. The van der Waals surface area contributed by atoms with Crippen molar-refractivity contribution in [3.63, 3.8) is 0 Å². The first-order valence-electron chi connectivity index (χ1n) is 12.9. The summed E-state index contributed by atoms with van der Waals surface area (Å²) < 4.78 is 102. The number of halogens is 7. The van der Waals surface area contributed by atoms with E-state index in [4.69, 9.17) is 5.73 Å². The molecule has 0 fully saturated rings. The number of fused-ring (bicyclic) bond motifs is 1. The highest BCUT2D eigenvalue weighted by atomic mass is 32.2. The molecule has 1 aromatic heterocycles. The summed E-state index contributed by atoms with van der Waals surface area (Å²) in [5.74, 6) is -5.75. The fourth-order valence-corrected chi connectivity index (χ4v) is 6.90. The maximum absolute atomic E-state index is 15.7. The Balaban J connectivity index is 1.80. The van der Waals surface area contributed by atoms with Crippen molar-refractivity contribution < 1.29 is 30.7 Å². The SMILES string of the molecule is Cc1c(Cc2c(F)cccc2C(F)(F)F)c2n(c(=O)c1-c1cccc(C(C)(F)F)c1F)C(C(N)c1ccccc1)CS2. The van der Waals surface area contributed by atoms with Crippen LogP contribution < -0.4 is 11.3 Å².